The summed E-state index contributed by atoms with van der Waals surface area (Å²) in [7, 11) is 0. The minimum Gasteiger partial charge on any atom is -0.444 e. The van der Waals surface area contributed by atoms with Gasteiger partial charge < -0.3 is 19.4 Å². The molecule has 1 aromatic carbocycles. The fraction of sp³-hybridized carbons (Fsp3) is 0.579. The molecule has 2 aliphatic rings. The zero-order valence-electron chi connectivity index (χ0n) is 16.1. The molecule has 0 aromatic heterocycles. The van der Waals surface area contributed by atoms with E-state index in [1.807, 2.05) is 20.8 Å². The maximum atomic E-state index is 12.2. The van der Waals surface area contributed by atoms with Gasteiger partial charge in [-0.1, -0.05) is 12.1 Å². The van der Waals surface area contributed by atoms with Gasteiger partial charge in [-0.05, 0) is 38.5 Å². The highest BCUT2D eigenvalue weighted by Crippen LogP contribution is 2.29. The van der Waals surface area contributed by atoms with Crippen LogP contribution in [0.5, 0.6) is 0 Å². The van der Waals surface area contributed by atoms with Gasteiger partial charge in [0.1, 0.15) is 10.3 Å². The van der Waals surface area contributed by atoms with Crippen LogP contribution in [0, 0.1) is 0 Å². The molecule has 0 bridgehead atoms. The average Bonchev–Trinajstić information content (AvgIpc) is 2.93. The van der Waals surface area contributed by atoms with E-state index >= 15 is 0 Å². The van der Waals surface area contributed by atoms with Crippen LogP contribution < -0.4 is 4.90 Å². The number of rotatable bonds is 3. The van der Waals surface area contributed by atoms with Crippen molar-refractivity contribution in [2.75, 3.05) is 36.8 Å². The molecular formula is C19H27N3O3S2. The van der Waals surface area contributed by atoms with E-state index in [9.17, 15) is 9.59 Å². The maximum absolute atomic E-state index is 12.2. The number of ether oxygens (including phenoxy) is 1. The molecule has 3 rings (SSSR count). The van der Waals surface area contributed by atoms with E-state index in [0.717, 1.165) is 24.3 Å². The fourth-order valence-electron chi connectivity index (χ4n) is 3.09. The molecule has 27 heavy (non-hydrogen) atoms. The number of thioether (sulfide) groups is 1. The highest BCUT2D eigenvalue weighted by atomic mass is 32.2. The van der Waals surface area contributed by atoms with Crippen LogP contribution in [0.4, 0.5) is 10.5 Å². The van der Waals surface area contributed by atoms with Gasteiger partial charge in [-0.15, -0.1) is 24.4 Å². The second kappa shape index (κ2) is 8.22. The largest absolute Gasteiger partial charge is 0.444 e. The predicted molar refractivity (Wildman–Crippen MR) is 112 cm³/mol. The van der Waals surface area contributed by atoms with Gasteiger partial charge in [-0.2, -0.15) is 0 Å². The van der Waals surface area contributed by atoms with Crippen molar-refractivity contribution in [1.82, 2.24) is 9.80 Å². The molecule has 1 atom stereocenters. The molecule has 1 aromatic rings. The number of nitrogens with zero attached hydrogens (tertiary/aromatic N) is 3. The topological polar surface area (TPSA) is 53.1 Å². The van der Waals surface area contributed by atoms with Crippen LogP contribution in [-0.4, -0.2) is 64.0 Å². The van der Waals surface area contributed by atoms with Gasteiger partial charge in [-0.25, -0.2) is 4.79 Å². The third kappa shape index (κ3) is 5.25. The highest BCUT2D eigenvalue weighted by molar-refractivity contribution is 8.11. The van der Waals surface area contributed by atoms with Crippen LogP contribution >= 0.6 is 24.4 Å². The van der Waals surface area contributed by atoms with E-state index in [1.54, 1.807) is 21.6 Å². The molecule has 1 unspecified atom stereocenters. The van der Waals surface area contributed by atoms with Gasteiger partial charge in [0.05, 0.1) is 5.75 Å². The Bertz CT molecular complexity index is 682. The summed E-state index contributed by atoms with van der Waals surface area (Å²) in [6.07, 6.45) is -0.244. The first kappa shape index (κ1) is 20.2. The molecule has 0 spiro atoms. The Balaban J connectivity index is 1.53. The number of carbonyl (C=O) groups excluding carboxylic acids is 2. The van der Waals surface area contributed by atoms with Crippen molar-refractivity contribution >= 4 is 42.1 Å². The molecule has 0 N–H and O–H groups in total. The summed E-state index contributed by atoms with van der Waals surface area (Å²) in [4.78, 5) is 29.9. The fourth-order valence-corrected chi connectivity index (χ4v) is 4.35. The smallest absolute Gasteiger partial charge is 0.410 e. The third-order valence-electron chi connectivity index (χ3n) is 4.53. The van der Waals surface area contributed by atoms with E-state index in [0.29, 0.717) is 25.4 Å². The summed E-state index contributed by atoms with van der Waals surface area (Å²) >= 11 is 6.00. The van der Waals surface area contributed by atoms with Crippen molar-refractivity contribution in [3.63, 3.8) is 0 Å². The van der Waals surface area contributed by atoms with Gasteiger partial charge in [-0.3, -0.25) is 4.79 Å². The first-order valence-electron chi connectivity index (χ1n) is 9.14. The number of anilines is 1. The maximum Gasteiger partial charge on any atom is 0.410 e. The highest BCUT2D eigenvalue weighted by Gasteiger charge is 2.29. The number of piperazine rings is 1. The number of hydrogen-bond donors (Lipinski definition) is 1. The number of amides is 2. The van der Waals surface area contributed by atoms with E-state index in [2.05, 4.69) is 41.8 Å². The number of hydrogen-bond acceptors (Lipinski definition) is 6. The summed E-state index contributed by atoms with van der Waals surface area (Å²) in [6, 6.07) is 8.29. The molecule has 2 heterocycles. The Morgan fingerprint density at radius 3 is 2.33 bits per heavy atom. The molecule has 2 aliphatic heterocycles. The monoisotopic (exact) mass is 409 g/mol. The Labute approximate surface area is 170 Å². The summed E-state index contributed by atoms with van der Waals surface area (Å²) in [5.41, 5.74) is 1.76. The molecule has 2 saturated heterocycles. The molecule has 6 nitrogen and oxygen atoms in total. The molecular weight excluding hydrogens is 382 g/mol. The second-order valence-electron chi connectivity index (χ2n) is 7.78. The lowest BCUT2D eigenvalue weighted by Crippen LogP contribution is -2.50. The Kier molecular flexibility index (Phi) is 6.15. The second-order valence-corrected chi connectivity index (χ2v) is 9.69. The number of benzene rings is 1. The lowest BCUT2D eigenvalue weighted by Gasteiger charge is -2.36. The summed E-state index contributed by atoms with van der Waals surface area (Å²) in [5.74, 6) is 0.649. The van der Waals surface area contributed by atoms with Gasteiger partial charge in [0.2, 0.25) is 5.91 Å². The molecule has 0 aliphatic carbocycles. The molecule has 8 heteroatoms. The van der Waals surface area contributed by atoms with Gasteiger partial charge in [0.25, 0.3) is 0 Å². The van der Waals surface area contributed by atoms with Gasteiger partial charge >= 0.3 is 6.09 Å². The lowest BCUT2D eigenvalue weighted by molar-refractivity contribution is -0.127. The minimum absolute atomic E-state index is 0.0573. The minimum atomic E-state index is -0.467. The van der Waals surface area contributed by atoms with Crippen molar-refractivity contribution in [1.29, 1.82) is 0 Å². The van der Waals surface area contributed by atoms with Crippen molar-refractivity contribution in [3.05, 3.63) is 29.8 Å². The van der Waals surface area contributed by atoms with E-state index in [1.165, 1.54) is 0 Å². The van der Waals surface area contributed by atoms with Crippen LogP contribution in [0.25, 0.3) is 0 Å². The third-order valence-corrected chi connectivity index (χ3v) is 6.22. The number of thiol groups is 1. The van der Waals surface area contributed by atoms with Crippen molar-refractivity contribution in [2.24, 2.45) is 0 Å². The van der Waals surface area contributed by atoms with Crippen molar-refractivity contribution in [2.45, 2.75) is 37.6 Å². The van der Waals surface area contributed by atoms with Gasteiger partial charge in [0.15, 0.2) is 0 Å². The van der Waals surface area contributed by atoms with Crippen molar-refractivity contribution < 1.29 is 14.3 Å². The summed E-state index contributed by atoms with van der Waals surface area (Å²) < 4.78 is 5.39. The molecule has 0 radical (unpaired) electrons. The van der Waals surface area contributed by atoms with Crippen LogP contribution in [0.15, 0.2) is 24.3 Å². The lowest BCUT2D eigenvalue weighted by atomic mass is 10.1. The average molecular weight is 410 g/mol. The summed E-state index contributed by atoms with van der Waals surface area (Å²) in [6.45, 7) is 9.09. The normalized spacial score (nSPS) is 21.0. The zero-order valence-corrected chi connectivity index (χ0v) is 17.8. The Morgan fingerprint density at radius 2 is 1.81 bits per heavy atom. The molecule has 2 amide bonds. The van der Waals surface area contributed by atoms with Gasteiger partial charge in [0, 0.05) is 38.4 Å². The Hall–Kier alpha value is -1.54. The molecule has 0 saturated carbocycles. The SMILES string of the molecule is CC(C)(C)OC(=O)N1CCN(c2ccc(CN3C(=O)CSC3S)cc2)CC1. The first-order valence-corrected chi connectivity index (χ1v) is 10.7. The van der Waals surface area contributed by atoms with Crippen LogP contribution in [0.2, 0.25) is 0 Å². The van der Waals surface area contributed by atoms with Crippen molar-refractivity contribution in [3.8, 4) is 0 Å². The van der Waals surface area contributed by atoms with Crippen LogP contribution in [0.3, 0.4) is 0 Å². The predicted octanol–water partition coefficient (Wildman–Crippen LogP) is 3.03. The van der Waals surface area contributed by atoms with Crippen LogP contribution in [-0.2, 0) is 16.1 Å². The molecule has 2 fully saturated rings. The van der Waals surface area contributed by atoms with E-state index < -0.39 is 5.60 Å². The van der Waals surface area contributed by atoms with Crippen LogP contribution in [0.1, 0.15) is 26.3 Å². The van der Waals surface area contributed by atoms with E-state index in [4.69, 9.17) is 4.74 Å². The van der Waals surface area contributed by atoms with E-state index in [-0.39, 0.29) is 16.7 Å². The standard InChI is InChI=1S/C19H27N3O3S2/c1-19(2,3)25-17(24)21-10-8-20(9-11-21)15-6-4-14(5-7-15)12-22-16(23)13-27-18(22)26/h4-7,18,26H,8-13H2,1-3H3. The first-order chi connectivity index (χ1) is 12.7. The molecule has 148 valence electrons. The Morgan fingerprint density at radius 1 is 1.19 bits per heavy atom. The number of carbonyl (C=O) groups is 2. The summed E-state index contributed by atoms with van der Waals surface area (Å²) in [5, 5.41) is 0. The zero-order chi connectivity index (χ0) is 19.6. The quantitative estimate of drug-likeness (QED) is 0.778.